The molecule has 1 heteroatoms. The summed E-state index contributed by atoms with van der Waals surface area (Å²) in [6.07, 6.45) is 8.44. The molecule has 1 N–H and O–H groups in total. The van der Waals surface area contributed by atoms with Crippen LogP contribution in [0.5, 0.6) is 0 Å². The van der Waals surface area contributed by atoms with Gasteiger partial charge in [-0.15, -0.1) is 0 Å². The van der Waals surface area contributed by atoms with Crippen LogP contribution in [0.2, 0.25) is 0 Å². The van der Waals surface area contributed by atoms with Crippen LogP contribution in [-0.4, -0.2) is 4.98 Å². The zero-order valence-electron chi connectivity index (χ0n) is 10.0. The van der Waals surface area contributed by atoms with Gasteiger partial charge in [0.05, 0.1) is 0 Å². The highest BCUT2D eigenvalue weighted by Gasteiger charge is 2.08. The molecule has 2 aromatic rings. The topological polar surface area (TPSA) is 15.8 Å². The van der Waals surface area contributed by atoms with Crippen molar-refractivity contribution in [2.45, 2.75) is 20.8 Å². The summed E-state index contributed by atoms with van der Waals surface area (Å²) in [7, 11) is 0. The molecule has 0 unspecified atom stereocenters. The van der Waals surface area contributed by atoms with Gasteiger partial charge in [0.25, 0.3) is 0 Å². The second-order valence-corrected chi connectivity index (χ2v) is 3.95. The number of aromatic nitrogens is 1. The first-order valence-electron chi connectivity index (χ1n) is 5.64. The predicted molar refractivity (Wildman–Crippen MR) is 72.5 cm³/mol. The van der Waals surface area contributed by atoms with Crippen LogP contribution in [-0.2, 0) is 0 Å². The summed E-state index contributed by atoms with van der Waals surface area (Å²) < 4.78 is 0. The zero-order chi connectivity index (χ0) is 11.5. The molecular formula is C15H17N. The van der Waals surface area contributed by atoms with Gasteiger partial charge in [-0.3, -0.25) is 0 Å². The molecule has 0 fully saturated rings. The Morgan fingerprint density at radius 2 is 1.81 bits per heavy atom. The Bertz CT molecular complexity index is 556. The molecule has 0 aliphatic rings. The maximum Gasteiger partial charge on any atom is 0.0467 e. The Morgan fingerprint density at radius 1 is 1.06 bits per heavy atom. The Morgan fingerprint density at radius 3 is 2.50 bits per heavy atom. The highest BCUT2D eigenvalue weighted by Crippen LogP contribution is 2.27. The van der Waals surface area contributed by atoms with Gasteiger partial charge in [-0.25, -0.2) is 0 Å². The van der Waals surface area contributed by atoms with Gasteiger partial charge in [-0.1, -0.05) is 30.4 Å². The number of H-pyrrole nitrogens is 1. The molecule has 1 aromatic carbocycles. The normalized spacial score (nSPS) is 12.2. The van der Waals surface area contributed by atoms with Crippen LogP contribution in [0.4, 0.5) is 0 Å². The van der Waals surface area contributed by atoms with E-state index in [9.17, 15) is 0 Å². The van der Waals surface area contributed by atoms with Gasteiger partial charge in [0, 0.05) is 22.2 Å². The van der Waals surface area contributed by atoms with E-state index in [1.807, 2.05) is 6.92 Å². The standard InChI is InChI=1S/C15H17N/c1-4-7-12-13(8-5-2)16-14-10-6-9-11(3)15(12)14/h4-10,16H,1-3H3/b7-4-,8-5-. The zero-order valence-corrected chi connectivity index (χ0v) is 10.0. The third-order valence-corrected chi connectivity index (χ3v) is 2.77. The molecule has 16 heavy (non-hydrogen) atoms. The summed E-state index contributed by atoms with van der Waals surface area (Å²) in [5, 5.41) is 1.33. The molecule has 0 atom stereocenters. The lowest BCUT2D eigenvalue weighted by Crippen LogP contribution is -1.77. The molecule has 0 saturated heterocycles. The highest BCUT2D eigenvalue weighted by molar-refractivity contribution is 5.95. The molecule has 2 rings (SSSR count). The van der Waals surface area contributed by atoms with Crippen molar-refractivity contribution in [1.82, 2.24) is 4.98 Å². The molecule has 1 aromatic heterocycles. The summed E-state index contributed by atoms with van der Waals surface area (Å²) in [6, 6.07) is 6.37. The number of fused-ring (bicyclic) bond motifs is 1. The van der Waals surface area contributed by atoms with E-state index in [0.29, 0.717) is 0 Å². The average Bonchev–Trinajstić information content (AvgIpc) is 2.59. The molecule has 0 amide bonds. The summed E-state index contributed by atoms with van der Waals surface area (Å²) >= 11 is 0. The Hall–Kier alpha value is -1.76. The minimum absolute atomic E-state index is 1.19. The summed E-state index contributed by atoms with van der Waals surface area (Å²) in [5.41, 5.74) is 5.00. The number of aryl methyl sites for hydroxylation is 1. The molecule has 0 radical (unpaired) electrons. The van der Waals surface area contributed by atoms with Gasteiger partial charge < -0.3 is 4.98 Å². The van der Waals surface area contributed by atoms with E-state index in [2.05, 4.69) is 61.3 Å². The van der Waals surface area contributed by atoms with Crippen LogP contribution in [0.1, 0.15) is 30.7 Å². The Kier molecular flexibility index (Phi) is 2.95. The first-order valence-corrected chi connectivity index (χ1v) is 5.64. The van der Waals surface area contributed by atoms with E-state index in [1.54, 1.807) is 0 Å². The second kappa shape index (κ2) is 4.40. The van der Waals surface area contributed by atoms with E-state index >= 15 is 0 Å². The maximum absolute atomic E-state index is 3.45. The van der Waals surface area contributed by atoms with Gasteiger partial charge in [-0.2, -0.15) is 0 Å². The molecular weight excluding hydrogens is 194 g/mol. The third kappa shape index (κ3) is 1.69. The first kappa shape index (κ1) is 10.7. The average molecular weight is 211 g/mol. The van der Waals surface area contributed by atoms with Gasteiger partial charge in [0.1, 0.15) is 0 Å². The van der Waals surface area contributed by atoms with E-state index in [-0.39, 0.29) is 0 Å². The molecule has 0 spiro atoms. The van der Waals surface area contributed by atoms with Crippen molar-refractivity contribution < 1.29 is 0 Å². The van der Waals surface area contributed by atoms with Gasteiger partial charge >= 0.3 is 0 Å². The second-order valence-electron chi connectivity index (χ2n) is 3.95. The SMILES string of the molecule is C/C=C\c1[nH]c2cccc(C)c2c1/C=C\C. The smallest absolute Gasteiger partial charge is 0.0467 e. The Labute approximate surface area is 96.5 Å². The van der Waals surface area contributed by atoms with Crippen molar-refractivity contribution in [3.05, 3.63) is 47.2 Å². The van der Waals surface area contributed by atoms with E-state index in [0.717, 1.165) is 0 Å². The summed E-state index contributed by atoms with van der Waals surface area (Å²) in [6.45, 7) is 6.25. The van der Waals surface area contributed by atoms with Crippen molar-refractivity contribution in [1.29, 1.82) is 0 Å². The fourth-order valence-electron chi connectivity index (χ4n) is 2.11. The lowest BCUT2D eigenvalue weighted by atomic mass is 10.1. The lowest BCUT2D eigenvalue weighted by molar-refractivity contribution is 1.42. The predicted octanol–water partition coefficient (Wildman–Crippen LogP) is 4.54. The van der Waals surface area contributed by atoms with Crippen LogP contribution in [0.15, 0.2) is 30.4 Å². The summed E-state index contributed by atoms with van der Waals surface area (Å²) in [4.78, 5) is 3.45. The fraction of sp³-hybridized carbons (Fsp3) is 0.200. The quantitative estimate of drug-likeness (QED) is 0.750. The molecule has 0 aliphatic heterocycles. The molecule has 0 bridgehead atoms. The van der Waals surface area contributed by atoms with Crippen LogP contribution in [0.3, 0.4) is 0 Å². The van der Waals surface area contributed by atoms with Gasteiger partial charge in [0.2, 0.25) is 0 Å². The third-order valence-electron chi connectivity index (χ3n) is 2.77. The van der Waals surface area contributed by atoms with Crippen molar-refractivity contribution in [3.63, 3.8) is 0 Å². The number of nitrogens with one attached hydrogen (secondary N) is 1. The minimum atomic E-state index is 1.19. The molecule has 0 saturated carbocycles. The van der Waals surface area contributed by atoms with Gasteiger partial charge in [0.15, 0.2) is 0 Å². The monoisotopic (exact) mass is 211 g/mol. The number of aromatic amines is 1. The van der Waals surface area contributed by atoms with E-state index in [1.165, 1.54) is 27.7 Å². The highest BCUT2D eigenvalue weighted by atomic mass is 14.7. The van der Waals surface area contributed by atoms with Crippen LogP contribution in [0, 0.1) is 6.92 Å². The number of rotatable bonds is 2. The van der Waals surface area contributed by atoms with Crippen molar-refractivity contribution in [3.8, 4) is 0 Å². The van der Waals surface area contributed by atoms with E-state index < -0.39 is 0 Å². The van der Waals surface area contributed by atoms with Crippen molar-refractivity contribution >= 4 is 23.1 Å². The molecule has 1 nitrogen and oxygen atoms in total. The van der Waals surface area contributed by atoms with Crippen molar-refractivity contribution in [2.75, 3.05) is 0 Å². The van der Waals surface area contributed by atoms with E-state index in [4.69, 9.17) is 0 Å². The maximum atomic E-state index is 3.45. The minimum Gasteiger partial charge on any atom is -0.355 e. The summed E-state index contributed by atoms with van der Waals surface area (Å²) in [5.74, 6) is 0. The largest absolute Gasteiger partial charge is 0.355 e. The first-order chi connectivity index (χ1) is 7.77. The molecule has 0 aliphatic carbocycles. The Balaban J connectivity index is 2.82. The lowest BCUT2D eigenvalue weighted by Gasteiger charge is -1.97. The fourth-order valence-corrected chi connectivity index (χ4v) is 2.11. The number of allylic oxidation sites excluding steroid dienone is 2. The van der Waals surface area contributed by atoms with Crippen LogP contribution >= 0.6 is 0 Å². The molecule has 1 heterocycles. The van der Waals surface area contributed by atoms with Crippen molar-refractivity contribution in [2.24, 2.45) is 0 Å². The van der Waals surface area contributed by atoms with Crippen LogP contribution < -0.4 is 0 Å². The van der Waals surface area contributed by atoms with Crippen LogP contribution in [0.25, 0.3) is 23.1 Å². The number of hydrogen-bond donors (Lipinski definition) is 1. The number of hydrogen-bond acceptors (Lipinski definition) is 0. The molecule has 82 valence electrons. The number of benzene rings is 1. The van der Waals surface area contributed by atoms with Gasteiger partial charge in [-0.05, 0) is 38.5 Å².